The molecule has 0 aliphatic carbocycles. The highest BCUT2D eigenvalue weighted by Crippen LogP contribution is 2.32. The Morgan fingerprint density at radius 3 is 2.54 bits per heavy atom. The maximum absolute atomic E-state index is 11.7. The van der Waals surface area contributed by atoms with Gasteiger partial charge in [0.2, 0.25) is 5.91 Å². The number of aliphatic hydroxyl groups is 2. The maximum atomic E-state index is 11.7. The molecule has 5 atom stereocenters. The van der Waals surface area contributed by atoms with Crippen molar-refractivity contribution in [1.29, 1.82) is 0 Å². The third-order valence-electron chi connectivity index (χ3n) is 4.62. The molecule has 1 amide bonds. The van der Waals surface area contributed by atoms with Crippen molar-refractivity contribution in [2.24, 2.45) is 5.92 Å². The Labute approximate surface area is 143 Å². The van der Waals surface area contributed by atoms with Gasteiger partial charge in [-0.2, -0.15) is 0 Å². The van der Waals surface area contributed by atoms with Crippen LogP contribution in [0.4, 0.5) is 0 Å². The molecule has 1 fully saturated rings. The van der Waals surface area contributed by atoms with E-state index in [2.05, 4.69) is 10.6 Å². The molecule has 0 radical (unpaired) electrons. The minimum atomic E-state index is -1.31. The van der Waals surface area contributed by atoms with Crippen LogP contribution in [0.2, 0.25) is 0 Å². The molecule has 0 spiro atoms. The van der Waals surface area contributed by atoms with Crippen LogP contribution in [0.15, 0.2) is 12.2 Å². The number of carboxylic acids is 1. The van der Waals surface area contributed by atoms with E-state index in [4.69, 9.17) is 0 Å². The molecule has 7 heteroatoms. The predicted octanol–water partition coefficient (Wildman–Crippen LogP) is 0.412. The van der Waals surface area contributed by atoms with Crippen LogP contribution in [-0.4, -0.2) is 57.5 Å². The molecule has 0 unspecified atom stereocenters. The van der Waals surface area contributed by atoms with Crippen molar-refractivity contribution >= 4 is 11.9 Å². The molecule has 1 saturated heterocycles. The monoisotopic (exact) mass is 342 g/mol. The zero-order chi connectivity index (χ0) is 18.3. The second kappa shape index (κ2) is 9.15. The van der Waals surface area contributed by atoms with Crippen molar-refractivity contribution in [3.63, 3.8) is 0 Å². The molecule has 0 saturated carbocycles. The summed E-state index contributed by atoms with van der Waals surface area (Å²) < 4.78 is 0. The Morgan fingerprint density at radius 1 is 1.42 bits per heavy atom. The van der Waals surface area contributed by atoms with E-state index in [0.717, 1.165) is 0 Å². The number of aliphatic carboxylic acids is 1. The lowest BCUT2D eigenvalue weighted by atomic mass is 9.78. The molecule has 138 valence electrons. The first-order valence-corrected chi connectivity index (χ1v) is 8.51. The lowest BCUT2D eigenvalue weighted by Crippen LogP contribution is -2.63. The maximum Gasteiger partial charge on any atom is 0.320 e. The van der Waals surface area contributed by atoms with E-state index in [9.17, 15) is 24.9 Å². The van der Waals surface area contributed by atoms with Gasteiger partial charge in [0, 0.05) is 26.0 Å². The van der Waals surface area contributed by atoms with Gasteiger partial charge in [0.25, 0.3) is 0 Å². The topological polar surface area (TPSA) is 119 Å². The first-order valence-electron chi connectivity index (χ1n) is 8.51. The normalized spacial score (nSPS) is 27.8. The molecule has 0 aromatic carbocycles. The average Bonchev–Trinajstić information content (AvgIpc) is 2.89. The lowest BCUT2D eigenvalue weighted by molar-refractivity contribution is -0.139. The van der Waals surface area contributed by atoms with Crippen LogP contribution in [0.5, 0.6) is 0 Å². The standard InChI is InChI=1S/C17H30N2O5/c1-4-6-12-10-13(16(22)23)19-14(12)15(18-11(3)21)17(24,7-5-2)8-9-20/h4,6,12-15,19-20,24H,5,7-10H2,1-3H3,(H,18,21)(H,22,23)/b6-4-/t12-,13-,14-,15-,17-/m1/s1. The highest BCUT2D eigenvalue weighted by Gasteiger charge is 2.48. The number of amides is 1. The number of allylic oxidation sites excluding steroid dienone is 1. The smallest absolute Gasteiger partial charge is 0.320 e. The molecular formula is C17H30N2O5. The van der Waals surface area contributed by atoms with Crippen LogP contribution in [0.3, 0.4) is 0 Å². The van der Waals surface area contributed by atoms with Crippen molar-refractivity contribution in [3.8, 4) is 0 Å². The first kappa shape index (κ1) is 20.6. The van der Waals surface area contributed by atoms with Gasteiger partial charge in [-0.25, -0.2) is 0 Å². The number of carbonyl (C=O) groups excluding carboxylic acids is 1. The molecule has 7 nitrogen and oxygen atoms in total. The van der Waals surface area contributed by atoms with Crippen LogP contribution < -0.4 is 10.6 Å². The van der Waals surface area contributed by atoms with Crippen molar-refractivity contribution in [1.82, 2.24) is 10.6 Å². The van der Waals surface area contributed by atoms with Crippen molar-refractivity contribution in [2.45, 2.75) is 70.2 Å². The van der Waals surface area contributed by atoms with E-state index in [1.165, 1.54) is 6.92 Å². The fraction of sp³-hybridized carbons (Fsp3) is 0.765. The quantitative estimate of drug-likeness (QED) is 0.387. The summed E-state index contributed by atoms with van der Waals surface area (Å²) in [6, 6.07) is -1.84. The summed E-state index contributed by atoms with van der Waals surface area (Å²) in [7, 11) is 0. The summed E-state index contributed by atoms with van der Waals surface area (Å²) in [4.78, 5) is 23.1. The Kier molecular flexibility index (Phi) is 7.86. The van der Waals surface area contributed by atoms with Gasteiger partial charge in [0.1, 0.15) is 6.04 Å². The van der Waals surface area contributed by atoms with Crippen molar-refractivity contribution in [3.05, 3.63) is 12.2 Å². The molecular weight excluding hydrogens is 312 g/mol. The second-order valence-corrected chi connectivity index (χ2v) is 6.51. The second-order valence-electron chi connectivity index (χ2n) is 6.51. The molecule has 1 aliphatic heterocycles. The number of carboxylic acid groups (broad SMARTS) is 1. The minimum absolute atomic E-state index is 0.115. The fourth-order valence-corrected chi connectivity index (χ4v) is 3.64. The summed E-state index contributed by atoms with van der Waals surface area (Å²) in [5, 5.41) is 35.6. The van der Waals surface area contributed by atoms with E-state index in [0.29, 0.717) is 19.3 Å². The number of aliphatic hydroxyl groups excluding tert-OH is 1. The van der Waals surface area contributed by atoms with Gasteiger partial charge in [-0.15, -0.1) is 0 Å². The summed E-state index contributed by atoms with van der Waals surface area (Å²) in [6.07, 6.45) is 5.33. The average molecular weight is 342 g/mol. The van der Waals surface area contributed by atoms with E-state index in [-0.39, 0.29) is 24.9 Å². The van der Waals surface area contributed by atoms with E-state index < -0.39 is 29.7 Å². The van der Waals surface area contributed by atoms with Crippen LogP contribution in [0.25, 0.3) is 0 Å². The zero-order valence-electron chi connectivity index (χ0n) is 14.7. The Bertz CT molecular complexity index is 460. The molecule has 1 heterocycles. The molecule has 5 N–H and O–H groups in total. The largest absolute Gasteiger partial charge is 0.480 e. The Morgan fingerprint density at radius 2 is 2.08 bits per heavy atom. The van der Waals surface area contributed by atoms with Gasteiger partial charge >= 0.3 is 5.97 Å². The first-order chi connectivity index (χ1) is 11.3. The fourth-order valence-electron chi connectivity index (χ4n) is 3.64. The van der Waals surface area contributed by atoms with Gasteiger partial charge in [-0.1, -0.05) is 25.5 Å². The molecule has 1 aliphatic rings. The van der Waals surface area contributed by atoms with Gasteiger partial charge in [0.05, 0.1) is 11.6 Å². The Hall–Kier alpha value is -1.44. The summed E-state index contributed by atoms with van der Waals surface area (Å²) in [6.45, 7) is 4.92. The number of hydrogen-bond donors (Lipinski definition) is 5. The van der Waals surface area contributed by atoms with Gasteiger partial charge < -0.3 is 20.6 Å². The number of carbonyl (C=O) groups is 2. The summed E-state index contributed by atoms with van der Waals surface area (Å²) in [5.74, 6) is -1.38. The minimum Gasteiger partial charge on any atom is -0.480 e. The molecule has 0 bridgehead atoms. The van der Waals surface area contributed by atoms with Crippen LogP contribution >= 0.6 is 0 Å². The summed E-state index contributed by atoms with van der Waals surface area (Å²) >= 11 is 0. The van der Waals surface area contributed by atoms with E-state index in [1.54, 1.807) is 0 Å². The molecule has 0 aromatic heterocycles. The van der Waals surface area contributed by atoms with Gasteiger partial charge in [-0.05, 0) is 25.7 Å². The lowest BCUT2D eigenvalue weighted by Gasteiger charge is -2.41. The molecule has 0 aromatic rings. The number of hydrogen-bond acceptors (Lipinski definition) is 5. The zero-order valence-corrected chi connectivity index (χ0v) is 14.7. The third kappa shape index (κ3) is 5.03. The number of rotatable bonds is 9. The SMILES string of the molecule is C/C=C\[C@@H]1C[C@H](C(=O)O)N[C@H]1[C@@H](NC(C)=O)[C@@](O)(CCC)CCO. The Balaban J connectivity index is 3.20. The van der Waals surface area contributed by atoms with Gasteiger partial charge in [-0.3, -0.25) is 14.9 Å². The van der Waals surface area contributed by atoms with E-state index >= 15 is 0 Å². The van der Waals surface area contributed by atoms with Crippen molar-refractivity contribution < 1.29 is 24.9 Å². The third-order valence-corrected chi connectivity index (χ3v) is 4.62. The predicted molar refractivity (Wildman–Crippen MR) is 90.4 cm³/mol. The van der Waals surface area contributed by atoms with Crippen LogP contribution in [0.1, 0.15) is 46.5 Å². The van der Waals surface area contributed by atoms with Crippen LogP contribution in [0, 0.1) is 5.92 Å². The number of nitrogens with one attached hydrogen (secondary N) is 2. The molecule has 24 heavy (non-hydrogen) atoms. The highest BCUT2D eigenvalue weighted by atomic mass is 16.4. The van der Waals surface area contributed by atoms with Crippen LogP contribution in [-0.2, 0) is 9.59 Å². The summed E-state index contributed by atoms with van der Waals surface area (Å²) in [5.41, 5.74) is -1.31. The molecule has 1 rings (SSSR count). The van der Waals surface area contributed by atoms with Gasteiger partial charge in [0.15, 0.2) is 0 Å². The van der Waals surface area contributed by atoms with Crippen molar-refractivity contribution in [2.75, 3.05) is 6.61 Å². The highest BCUT2D eigenvalue weighted by molar-refractivity contribution is 5.75. The van der Waals surface area contributed by atoms with E-state index in [1.807, 2.05) is 26.0 Å².